The summed E-state index contributed by atoms with van der Waals surface area (Å²) in [5, 5.41) is 3.95. The van der Waals surface area contributed by atoms with E-state index < -0.39 is 18.0 Å². The second-order valence-corrected chi connectivity index (χ2v) is 6.08. The molecule has 1 atom stereocenters. The first kappa shape index (κ1) is 17.3. The summed E-state index contributed by atoms with van der Waals surface area (Å²) in [4.78, 5) is 31.6. The molecule has 0 saturated heterocycles. The number of ether oxygens (including phenoxy) is 1. The Labute approximate surface area is 153 Å². The Balaban J connectivity index is 1.69. The summed E-state index contributed by atoms with van der Waals surface area (Å²) in [5.41, 5.74) is 1.36. The number of H-pyrrole nitrogens is 1. The molecule has 0 radical (unpaired) electrons. The number of halogens is 2. The van der Waals surface area contributed by atoms with Crippen molar-refractivity contribution in [2.75, 3.05) is 5.32 Å². The molecule has 1 unspecified atom stereocenters. The molecule has 8 heteroatoms. The van der Waals surface area contributed by atoms with Crippen molar-refractivity contribution in [3.8, 4) is 0 Å². The monoisotopic (exact) mass is 377 g/mol. The molecule has 2 heterocycles. The van der Waals surface area contributed by atoms with Crippen LogP contribution in [-0.4, -0.2) is 27.9 Å². The van der Waals surface area contributed by atoms with Gasteiger partial charge in [0.1, 0.15) is 5.65 Å². The van der Waals surface area contributed by atoms with E-state index in [0.717, 1.165) is 0 Å². The fraction of sp³-hybridized carbons (Fsp3) is 0.118. The van der Waals surface area contributed by atoms with Crippen molar-refractivity contribution in [2.45, 2.75) is 13.0 Å². The third-order valence-electron chi connectivity index (χ3n) is 3.52. The molecule has 0 aliphatic rings. The molecule has 0 aliphatic heterocycles. The minimum absolute atomic E-state index is 0.316. The quantitative estimate of drug-likeness (QED) is 0.671. The van der Waals surface area contributed by atoms with Gasteiger partial charge in [-0.3, -0.25) is 4.79 Å². The predicted octanol–water partition coefficient (Wildman–Crippen LogP) is 4.05. The third-order valence-corrected chi connectivity index (χ3v) is 4.26. The Kier molecular flexibility index (Phi) is 4.92. The Hall–Kier alpha value is -2.57. The fourth-order valence-corrected chi connectivity index (χ4v) is 2.53. The van der Waals surface area contributed by atoms with E-state index in [1.807, 2.05) is 0 Å². The number of aromatic nitrogens is 2. The third kappa shape index (κ3) is 3.75. The van der Waals surface area contributed by atoms with Gasteiger partial charge in [-0.1, -0.05) is 23.2 Å². The van der Waals surface area contributed by atoms with E-state index in [-0.39, 0.29) is 0 Å². The summed E-state index contributed by atoms with van der Waals surface area (Å²) < 4.78 is 5.25. The lowest BCUT2D eigenvalue weighted by molar-refractivity contribution is -0.123. The highest BCUT2D eigenvalue weighted by molar-refractivity contribution is 6.42. The lowest BCUT2D eigenvalue weighted by atomic mass is 10.2. The molecule has 6 nitrogen and oxygen atoms in total. The molecule has 128 valence electrons. The maximum absolute atomic E-state index is 12.3. The van der Waals surface area contributed by atoms with Crippen LogP contribution < -0.4 is 5.32 Å². The van der Waals surface area contributed by atoms with Crippen molar-refractivity contribution in [1.29, 1.82) is 0 Å². The first-order valence-corrected chi connectivity index (χ1v) is 8.10. The molecule has 0 fully saturated rings. The van der Waals surface area contributed by atoms with Gasteiger partial charge in [0.05, 0.1) is 15.6 Å². The zero-order valence-electron chi connectivity index (χ0n) is 13.0. The van der Waals surface area contributed by atoms with Crippen molar-refractivity contribution < 1.29 is 14.3 Å². The average Bonchev–Trinajstić information content (AvgIpc) is 3.06. The van der Waals surface area contributed by atoms with E-state index in [1.165, 1.54) is 19.2 Å². The molecule has 1 amide bonds. The van der Waals surface area contributed by atoms with Gasteiger partial charge in [-0.2, -0.15) is 0 Å². The maximum Gasteiger partial charge on any atom is 0.339 e. The molecule has 0 spiro atoms. The first-order valence-electron chi connectivity index (χ1n) is 7.34. The molecule has 0 saturated carbocycles. The van der Waals surface area contributed by atoms with Crippen LogP contribution in [-0.2, 0) is 9.53 Å². The summed E-state index contributed by atoms with van der Waals surface area (Å²) in [6, 6.07) is 7.95. The molecular formula is C17H13Cl2N3O3. The highest BCUT2D eigenvalue weighted by Gasteiger charge is 2.21. The van der Waals surface area contributed by atoms with E-state index in [0.29, 0.717) is 32.3 Å². The van der Waals surface area contributed by atoms with Crippen molar-refractivity contribution in [3.05, 3.63) is 58.3 Å². The zero-order valence-corrected chi connectivity index (χ0v) is 14.6. The van der Waals surface area contributed by atoms with E-state index in [1.54, 1.807) is 30.5 Å². The summed E-state index contributed by atoms with van der Waals surface area (Å²) >= 11 is 11.7. The number of anilines is 1. The van der Waals surface area contributed by atoms with Gasteiger partial charge in [0.2, 0.25) is 0 Å². The average molecular weight is 378 g/mol. The van der Waals surface area contributed by atoms with Crippen LogP contribution in [0.3, 0.4) is 0 Å². The Morgan fingerprint density at radius 1 is 1.20 bits per heavy atom. The molecule has 3 rings (SSSR count). The lowest BCUT2D eigenvalue weighted by Gasteiger charge is -2.14. The van der Waals surface area contributed by atoms with Gasteiger partial charge in [-0.25, -0.2) is 9.78 Å². The van der Waals surface area contributed by atoms with Crippen molar-refractivity contribution >= 4 is 51.8 Å². The lowest BCUT2D eigenvalue weighted by Crippen LogP contribution is -2.30. The van der Waals surface area contributed by atoms with Crippen LogP contribution in [0.1, 0.15) is 17.3 Å². The topological polar surface area (TPSA) is 84.1 Å². The summed E-state index contributed by atoms with van der Waals surface area (Å²) in [7, 11) is 0. The Bertz CT molecular complexity index is 955. The Morgan fingerprint density at radius 3 is 2.76 bits per heavy atom. The number of carbonyl (C=O) groups excluding carboxylic acids is 2. The highest BCUT2D eigenvalue weighted by atomic mass is 35.5. The van der Waals surface area contributed by atoms with Gasteiger partial charge >= 0.3 is 5.97 Å². The van der Waals surface area contributed by atoms with Gasteiger partial charge in [0, 0.05) is 23.5 Å². The summed E-state index contributed by atoms with van der Waals surface area (Å²) in [6.07, 6.45) is 2.18. The van der Waals surface area contributed by atoms with Crippen LogP contribution >= 0.6 is 23.2 Å². The predicted molar refractivity (Wildman–Crippen MR) is 96.1 cm³/mol. The van der Waals surface area contributed by atoms with E-state index in [4.69, 9.17) is 27.9 Å². The number of aromatic amines is 1. The maximum atomic E-state index is 12.3. The largest absolute Gasteiger partial charge is 0.449 e. The smallest absolute Gasteiger partial charge is 0.339 e. The van der Waals surface area contributed by atoms with Crippen molar-refractivity contribution in [2.24, 2.45) is 0 Å². The number of pyridine rings is 1. The van der Waals surface area contributed by atoms with Crippen LogP contribution in [0.2, 0.25) is 10.0 Å². The number of hydrogen-bond donors (Lipinski definition) is 2. The second kappa shape index (κ2) is 7.13. The van der Waals surface area contributed by atoms with Crippen LogP contribution in [0.25, 0.3) is 11.0 Å². The van der Waals surface area contributed by atoms with E-state index in [9.17, 15) is 9.59 Å². The molecule has 0 aliphatic carbocycles. The molecule has 0 bridgehead atoms. The zero-order chi connectivity index (χ0) is 18.0. The molecule has 2 aromatic heterocycles. The van der Waals surface area contributed by atoms with E-state index in [2.05, 4.69) is 15.3 Å². The number of rotatable bonds is 4. The normalized spacial score (nSPS) is 12.0. The van der Waals surface area contributed by atoms with Gasteiger partial charge in [0.25, 0.3) is 5.91 Å². The molecule has 2 N–H and O–H groups in total. The van der Waals surface area contributed by atoms with Crippen LogP contribution in [0.4, 0.5) is 5.69 Å². The van der Waals surface area contributed by atoms with Gasteiger partial charge in [0.15, 0.2) is 6.10 Å². The minimum Gasteiger partial charge on any atom is -0.449 e. The SMILES string of the molecule is CC(OC(=O)c1ccnc2[nH]ccc12)C(=O)Nc1ccc(Cl)c(Cl)c1. The summed E-state index contributed by atoms with van der Waals surface area (Å²) in [6.45, 7) is 1.49. The van der Waals surface area contributed by atoms with E-state index >= 15 is 0 Å². The highest BCUT2D eigenvalue weighted by Crippen LogP contribution is 2.25. The number of esters is 1. The van der Waals surface area contributed by atoms with Gasteiger partial charge < -0.3 is 15.0 Å². The number of carbonyl (C=O) groups is 2. The van der Waals surface area contributed by atoms with Crippen LogP contribution in [0.15, 0.2) is 42.7 Å². The summed E-state index contributed by atoms with van der Waals surface area (Å²) in [5.74, 6) is -1.09. The standard InChI is InChI=1S/C17H13Cl2N3O3/c1-9(16(23)22-10-2-3-13(18)14(19)8-10)25-17(24)12-5-7-21-15-11(12)4-6-20-15/h2-9H,1H3,(H,20,21)(H,22,23). The number of nitrogens with one attached hydrogen (secondary N) is 2. The number of benzene rings is 1. The molecule has 1 aromatic carbocycles. The molecule has 25 heavy (non-hydrogen) atoms. The minimum atomic E-state index is -0.996. The van der Waals surface area contributed by atoms with Crippen LogP contribution in [0.5, 0.6) is 0 Å². The number of amides is 1. The van der Waals surface area contributed by atoms with Crippen molar-refractivity contribution in [3.63, 3.8) is 0 Å². The van der Waals surface area contributed by atoms with Crippen LogP contribution in [0, 0.1) is 0 Å². The Morgan fingerprint density at radius 2 is 2.00 bits per heavy atom. The van der Waals surface area contributed by atoms with Gasteiger partial charge in [-0.05, 0) is 37.3 Å². The number of hydrogen-bond acceptors (Lipinski definition) is 4. The molecular weight excluding hydrogens is 365 g/mol. The second-order valence-electron chi connectivity index (χ2n) is 5.26. The van der Waals surface area contributed by atoms with Gasteiger partial charge in [-0.15, -0.1) is 0 Å². The first-order chi connectivity index (χ1) is 12.0. The number of nitrogens with zero attached hydrogens (tertiary/aromatic N) is 1. The molecule has 3 aromatic rings. The van der Waals surface area contributed by atoms with Crippen molar-refractivity contribution in [1.82, 2.24) is 9.97 Å². The number of fused-ring (bicyclic) bond motifs is 1. The fourth-order valence-electron chi connectivity index (χ4n) is 2.23.